The number of hydrogen-bond acceptors (Lipinski definition) is 4. The van der Waals surface area contributed by atoms with E-state index < -0.39 is 15.7 Å². The topological polar surface area (TPSA) is 99.2 Å². The van der Waals surface area contributed by atoms with Crippen molar-refractivity contribution in [1.82, 2.24) is 4.57 Å². The summed E-state index contributed by atoms with van der Waals surface area (Å²) in [6, 6.07) is 11.1. The van der Waals surface area contributed by atoms with Crippen molar-refractivity contribution in [2.75, 3.05) is 5.75 Å². The molecule has 1 aliphatic rings. The van der Waals surface area contributed by atoms with Crippen LogP contribution in [0.15, 0.2) is 58.4 Å². The van der Waals surface area contributed by atoms with Crippen molar-refractivity contribution in [3.63, 3.8) is 0 Å². The molecular weight excluding hydrogens is 352 g/mol. The van der Waals surface area contributed by atoms with Gasteiger partial charge in [0.25, 0.3) is 5.56 Å². The van der Waals surface area contributed by atoms with Crippen molar-refractivity contribution in [3.05, 3.63) is 59.0 Å². The number of nitrogens with zero attached hydrogens (tertiary/aromatic N) is 1. The summed E-state index contributed by atoms with van der Waals surface area (Å²) in [6.07, 6.45) is 4.81. The Balaban J connectivity index is 1.82. The van der Waals surface area contributed by atoms with Crippen molar-refractivity contribution < 1.29 is 13.2 Å². The minimum absolute atomic E-state index is 0.0781. The molecule has 2 N–H and O–H groups in total. The molecule has 0 saturated heterocycles. The number of primary amides is 1. The number of hydrogen-bond donors (Lipinski definition) is 1. The van der Waals surface area contributed by atoms with Gasteiger partial charge in [0.2, 0.25) is 5.91 Å². The molecule has 1 amide bonds. The normalized spacial score (nSPS) is 20.6. The number of nitrogens with two attached hydrogens (primary N) is 1. The van der Waals surface area contributed by atoms with E-state index in [0.29, 0.717) is 18.5 Å². The molecule has 1 fully saturated rings. The van der Waals surface area contributed by atoms with Crippen molar-refractivity contribution in [2.45, 2.75) is 30.6 Å². The minimum Gasteiger partial charge on any atom is -0.369 e. The van der Waals surface area contributed by atoms with Gasteiger partial charge in [0, 0.05) is 23.9 Å². The Labute approximate surface area is 152 Å². The molecule has 1 aromatic heterocycles. The first kappa shape index (κ1) is 18.4. The van der Waals surface area contributed by atoms with Gasteiger partial charge in [-0.2, -0.15) is 0 Å². The van der Waals surface area contributed by atoms with Crippen LogP contribution in [0, 0.1) is 11.8 Å². The molecule has 1 heterocycles. The van der Waals surface area contributed by atoms with Crippen molar-refractivity contribution in [3.8, 4) is 5.69 Å². The SMILES string of the molecule is NC(=O)C1CCCCC1CS(=O)(=O)c1ccc(-n2ccccc2=O)cc1. The molecule has 138 valence electrons. The van der Waals surface area contributed by atoms with Gasteiger partial charge in [0.15, 0.2) is 9.84 Å². The molecule has 0 aliphatic heterocycles. The summed E-state index contributed by atoms with van der Waals surface area (Å²) in [5.74, 6) is -1.10. The van der Waals surface area contributed by atoms with Gasteiger partial charge >= 0.3 is 0 Å². The number of pyridine rings is 1. The first-order valence-corrected chi connectivity index (χ1v) is 10.3. The smallest absolute Gasteiger partial charge is 0.255 e. The Morgan fingerprint density at radius 2 is 1.77 bits per heavy atom. The van der Waals surface area contributed by atoms with E-state index in [0.717, 1.165) is 12.8 Å². The van der Waals surface area contributed by atoms with Gasteiger partial charge in [-0.1, -0.05) is 18.9 Å². The Hall–Kier alpha value is -2.41. The maximum atomic E-state index is 12.8. The lowest BCUT2D eigenvalue weighted by atomic mass is 9.80. The summed E-state index contributed by atoms with van der Waals surface area (Å²) in [7, 11) is -3.53. The number of carbonyl (C=O) groups is 1. The monoisotopic (exact) mass is 374 g/mol. The van der Waals surface area contributed by atoms with E-state index in [1.54, 1.807) is 30.5 Å². The molecular formula is C19H22N2O4S. The molecule has 1 saturated carbocycles. The fraction of sp³-hybridized carbons (Fsp3) is 0.368. The van der Waals surface area contributed by atoms with Crippen molar-refractivity contribution >= 4 is 15.7 Å². The Bertz CT molecular complexity index is 948. The number of carbonyl (C=O) groups excluding carboxylic acids is 1. The van der Waals surface area contributed by atoms with E-state index in [2.05, 4.69) is 0 Å². The van der Waals surface area contributed by atoms with Crippen LogP contribution >= 0.6 is 0 Å². The first-order chi connectivity index (χ1) is 12.4. The predicted molar refractivity (Wildman–Crippen MR) is 98.7 cm³/mol. The van der Waals surface area contributed by atoms with Crippen LogP contribution in [0.3, 0.4) is 0 Å². The molecule has 0 radical (unpaired) electrons. The third kappa shape index (κ3) is 3.88. The maximum Gasteiger partial charge on any atom is 0.255 e. The summed E-state index contributed by atoms with van der Waals surface area (Å²) in [6.45, 7) is 0. The predicted octanol–water partition coefficient (Wildman–Crippen LogP) is 1.90. The Kier molecular flexibility index (Phi) is 5.27. The average Bonchev–Trinajstić information content (AvgIpc) is 2.62. The van der Waals surface area contributed by atoms with Crippen LogP contribution in [0.2, 0.25) is 0 Å². The molecule has 6 nitrogen and oxygen atoms in total. The molecule has 1 aliphatic carbocycles. The van der Waals surface area contributed by atoms with Crippen molar-refractivity contribution in [1.29, 1.82) is 0 Å². The molecule has 0 spiro atoms. The van der Waals surface area contributed by atoms with Gasteiger partial charge in [-0.25, -0.2) is 8.42 Å². The fourth-order valence-corrected chi connectivity index (χ4v) is 5.32. The number of aromatic nitrogens is 1. The molecule has 26 heavy (non-hydrogen) atoms. The lowest BCUT2D eigenvalue weighted by Crippen LogP contribution is -2.36. The van der Waals surface area contributed by atoms with Gasteiger partial charge < -0.3 is 5.73 Å². The van der Waals surface area contributed by atoms with Crippen LogP contribution in [-0.4, -0.2) is 24.6 Å². The first-order valence-electron chi connectivity index (χ1n) is 8.69. The van der Waals surface area contributed by atoms with Crippen LogP contribution < -0.4 is 11.3 Å². The highest BCUT2D eigenvalue weighted by molar-refractivity contribution is 7.91. The zero-order valence-corrected chi connectivity index (χ0v) is 15.2. The minimum atomic E-state index is -3.53. The summed E-state index contributed by atoms with van der Waals surface area (Å²) in [5.41, 5.74) is 5.86. The largest absolute Gasteiger partial charge is 0.369 e. The second kappa shape index (κ2) is 7.45. The van der Waals surface area contributed by atoms with E-state index in [1.165, 1.54) is 22.8 Å². The van der Waals surface area contributed by atoms with Gasteiger partial charge in [-0.05, 0) is 49.1 Å². The lowest BCUT2D eigenvalue weighted by molar-refractivity contribution is -0.124. The maximum absolute atomic E-state index is 12.8. The molecule has 2 unspecified atom stereocenters. The third-order valence-electron chi connectivity index (χ3n) is 5.00. The standard InChI is InChI=1S/C19H22N2O4S/c20-19(23)17-6-2-1-5-14(17)13-26(24,25)16-10-8-15(9-11-16)21-12-4-3-7-18(21)22/h3-4,7-12,14,17H,1-2,5-6,13H2,(H2,20,23). The highest BCUT2D eigenvalue weighted by Gasteiger charge is 2.33. The highest BCUT2D eigenvalue weighted by atomic mass is 32.2. The Morgan fingerprint density at radius 3 is 2.42 bits per heavy atom. The van der Waals surface area contributed by atoms with Gasteiger partial charge in [-0.15, -0.1) is 0 Å². The number of amides is 1. The van der Waals surface area contributed by atoms with Crippen LogP contribution in [0.5, 0.6) is 0 Å². The molecule has 1 aromatic carbocycles. The molecule has 3 rings (SSSR count). The Morgan fingerprint density at radius 1 is 1.08 bits per heavy atom. The van der Waals surface area contributed by atoms with E-state index in [-0.39, 0.29) is 28.0 Å². The average molecular weight is 374 g/mol. The van der Waals surface area contributed by atoms with Gasteiger partial charge in [0.1, 0.15) is 0 Å². The van der Waals surface area contributed by atoms with Gasteiger partial charge in [0.05, 0.1) is 10.6 Å². The second-order valence-corrected chi connectivity index (χ2v) is 8.77. The van der Waals surface area contributed by atoms with Crippen LogP contribution in [0.1, 0.15) is 25.7 Å². The third-order valence-corrected chi connectivity index (χ3v) is 6.86. The summed E-state index contributed by atoms with van der Waals surface area (Å²) < 4.78 is 27.0. The quantitative estimate of drug-likeness (QED) is 0.864. The zero-order valence-electron chi connectivity index (χ0n) is 14.4. The number of benzene rings is 1. The van der Waals surface area contributed by atoms with Gasteiger partial charge in [-0.3, -0.25) is 14.2 Å². The molecule has 0 bridgehead atoms. The molecule has 7 heteroatoms. The van der Waals surface area contributed by atoms with E-state index in [1.807, 2.05) is 0 Å². The van der Waals surface area contributed by atoms with E-state index >= 15 is 0 Å². The van der Waals surface area contributed by atoms with Crippen LogP contribution in [-0.2, 0) is 14.6 Å². The lowest BCUT2D eigenvalue weighted by Gasteiger charge is -2.28. The molecule has 2 aromatic rings. The van der Waals surface area contributed by atoms with Crippen molar-refractivity contribution in [2.24, 2.45) is 17.6 Å². The zero-order chi connectivity index (χ0) is 18.7. The van der Waals surface area contributed by atoms with E-state index in [4.69, 9.17) is 5.73 Å². The van der Waals surface area contributed by atoms with E-state index in [9.17, 15) is 18.0 Å². The number of rotatable bonds is 5. The summed E-state index contributed by atoms with van der Waals surface area (Å²) in [4.78, 5) is 23.7. The fourth-order valence-electron chi connectivity index (χ4n) is 3.61. The number of sulfone groups is 1. The van der Waals surface area contributed by atoms with Crippen LogP contribution in [0.25, 0.3) is 5.69 Å². The summed E-state index contributed by atoms with van der Waals surface area (Å²) >= 11 is 0. The highest BCUT2D eigenvalue weighted by Crippen LogP contribution is 2.32. The second-order valence-electron chi connectivity index (χ2n) is 6.74. The summed E-state index contributed by atoms with van der Waals surface area (Å²) in [5, 5.41) is 0. The molecule has 2 atom stereocenters. The van der Waals surface area contributed by atoms with Crippen LogP contribution in [0.4, 0.5) is 0 Å².